The number of rotatable bonds is 6. The Morgan fingerprint density at radius 2 is 1.92 bits per heavy atom. The van der Waals surface area contributed by atoms with E-state index in [2.05, 4.69) is 43.8 Å². The maximum atomic E-state index is 12.8. The van der Waals surface area contributed by atoms with Crippen molar-refractivity contribution in [3.8, 4) is 0 Å². The second kappa shape index (κ2) is 7.75. The van der Waals surface area contributed by atoms with Crippen LogP contribution in [-0.2, 0) is 4.79 Å². The lowest BCUT2D eigenvalue weighted by molar-refractivity contribution is -0.128. The second-order valence-corrected chi connectivity index (χ2v) is 7.49. The molecule has 0 fully saturated rings. The zero-order valence-corrected chi connectivity index (χ0v) is 15.0. The maximum absolute atomic E-state index is 12.8. The van der Waals surface area contributed by atoms with Crippen molar-refractivity contribution >= 4 is 11.7 Å². The van der Waals surface area contributed by atoms with E-state index in [1.165, 1.54) is 0 Å². The monoisotopic (exact) mass is 328 g/mol. The molecule has 4 heteroatoms. The minimum Gasteiger partial charge on any atom is -0.299 e. The van der Waals surface area contributed by atoms with Crippen LogP contribution in [-0.4, -0.2) is 17.7 Å². The number of hydrogen-bond acceptors (Lipinski definition) is 3. The fourth-order valence-electron chi connectivity index (χ4n) is 3.60. The number of carbonyl (C=O) groups excluding carboxylic acids is 2. The molecule has 24 heavy (non-hydrogen) atoms. The molecule has 0 aromatic heterocycles. The van der Waals surface area contributed by atoms with Gasteiger partial charge in [0.25, 0.3) is 5.91 Å². The number of hydrazine groups is 1. The normalized spacial score (nSPS) is 23.5. The van der Waals surface area contributed by atoms with Crippen LogP contribution in [0.4, 0.5) is 0 Å². The Balaban J connectivity index is 1.88. The molecule has 4 nitrogen and oxygen atoms in total. The first-order valence-corrected chi connectivity index (χ1v) is 8.61. The van der Waals surface area contributed by atoms with E-state index in [-0.39, 0.29) is 35.0 Å². The first-order chi connectivity index (χ1) is 11.3. The first-order valence-electron chi connectivity index (χ1n) is 8.61. The molecule has 0 spiro atoms. The number of carbonyl (C=O) groups is 2. The Labute approximate surface area is 144 Å². The van der Waals surface area contributed by atoms with E-state index in [1.807, 2.05) is 25.1 Å². The lowest BCUT2D eigenvalue weighted by Gasteiger charge is -2.39. The zero-order chi connectivity index (χ0) is 17.7. The summed E-state index contributed by atoms with van der Waals surface area (Å²) in [5.41, 5.74) is 6.22. The van der Waals surface area contributed by atoms with Crippen molar-refractivity contribution in [3.05, 3.63) is 48.0 Å². The summed E-state index contributed by atoms with van der Waals surface area (Å²) >= 11 is 0. The predicted molar refractivity (Wildman–Crippen MR) is 96.3 cm³/mol. The molecule has 0 aliphatic heterocycles. The first kappa shape index (κ1) is 18.4. The molecular weight excluding hydrogens is 300 g/mol. The number of nitrogens with one attached hydrogen (secondary N) is 2. The summed E-state index contributed by atoms with van der Waals surface area (Å²) in [5, 5.41) is 0. The quantitative estimate of drug-likeness (QED) is 0.620. The van der Waals surface area contributed by atoms with Crippen LogP contribution in [0.25, 0.3) is 0 Å². The number of benzene rings is 1. The Bertz CT molecular complexity index is 607. The Hall–Kier alpha value is -1.94. The molecule has 130 valence electrons. The summed E-state index contributed by atoms with van der Waals surface area (Å²) in [5.74, 6) is 0.346. The van der Waals surface area contributed by atoms with Gasteiger partial charge >= 0.3 is 0 Å². The molecule has 1 amide bonds. The summed E-state index contributed by atoms with van der Waals surface area (Å²) in [4.78, 5) is 24.8. The molecule has 0 bridgehead atoms. The van der Waals surface area contributed by atoms with Gasteiger partial charge in [-0.2, -0.15) is 0 Å². The minimum absolute atomic E-state index is 0.0156. The van der Waals surface area contributed by atoms with E-state index in [1.54, 1.807) is 12.1 Å². The molecule has 1 aromatic carbocycles. The van der Waals surface area contributed by atoms with E-state index >= 15 is 0 Å². The molecule has 2 rings (SSSR count). The van der Waals surface area contributed by atoms with Gasteiger partial charge in [-0.15, -0.1) is 0 Å². The van der Waals surface area contributed by atoms with Crippen molar-refractivity contribution in [2.75, 3.05) is 0 Å². The van der Waals surface area contributed by atoms with Crippen molar-refractivity contribution in [1.82, 2.24) is 10.9 Å². The van der Waals surface area contributed by atoms with Crippen LogP contribution in [0.1, 0.15) is 50.9 Å². The van der Waals surface area contributed by atoms with E-state index < -0.39 is 0 Å². The third-order valence-electron chi connectivity index (χ3n) is 4.77. The van der Waals surface area contributed by atoms with Gasteiger partial charge in [-0.1, -0.05) is 51.1 Å². The molecule has 1 aliphatic carbocycles. The molecule has 0 heterocycles. The van der Waals surface area contributed by atoms with Crippen LogP contribution in [0.2, 0.25) is 0 Å². The largest absolute Gasteiger partial charge is 0.299 e. The highest BCUT2D eigenvalue weighted by molar-refractivity contribution is 5.93. The lowest BCUT2D eigenvalue weighted by Crippen LogP contribution is -2.46. The fraction of sp³-hybridized carbons (Fsp3) is 0.500. The van der Waals surface area contributed by atoms with Gasteiger partial charge in [0.05, 0.1) is 0 Å². The van der Waals surface area contributed by atoms with Crippen molar-refractivity contribution in [1.29, 1.82) is 0 Å². The molecule has 0 unspecified atom stereocenters. The number of amides is 1. The van der Waals surface area contributed by atoms with Crippen LogP contribution in [0.5, 0.6) is 0 Å². The van der Waals surface area contributed by atoms with Crippen LogP contribution in [0.3, 0.4) is 0 Å². The average molecular weight is 328 g/mol. The van der Waals surface area contributed by atoms with E-state index in [0.717, 1.165) is 6.42 Å². The average Bonchev–Trinajstić information content (AvgIpc) is 2.52. The van der Waals surface area contributed by atoms with Crippen molar-refractivity contribution in [2.24, 2.45) is 17.3 Å². The standard InChI is InChI=1S/C20H28N2O2/c1-14-9-8-12-20(3,4)18(14)17(23)13-15(2)21-22-19(24)16-10-6-5-7-11-16/h5-11,14-15,18,21H,12-13H2,1-4H3,(H,22,24)/t14-,15-,18-/m1/s1. The summed E-state index contributed by atoms with van der Waals surface area (Å²) in [6, 6.07) is 8.91. The van der Waals surface area contributed by atoms with Crippen LogP contribution in [0.15, 0.2) is 42.5 Å². The van der Waals surface area contributed by atoms with Crippen LogP contribution in [0, 0.1) is 17.3 Å². The van der Waals surface area contributed by atoms with Gasteiger partial charge in [-0.3, -0.25) is 15.0 Å². The van der Waals surface area contributed by atoms with Gasteiger partial charge in [-0.05, 0) is 36.8 Å². The van der Waals surface area contributed by atoms with Gasteiger partial charge in [0.1, 0.15) is 5.78 Å². The van der Waals surface area contributed by atoms with Crippen molar-refractivity contribution in [2.45, 2.75) is 46.6 Å². The summed E-state index contributed by atoms with van der Waals surface area (Å²) < 4.78 is 0. The number of ketones is 1. The summed E-state index contributed by atoms with van der Waals surface area (Å²) in [7, 11) is 0. The molecule has 3 atom stereocenters. The highest BCUT2D eigenvalue weighted by atomic mass is 16.2. The van der Waals surface area contributed by atoms with Crippen molar-refractivity contribution in [3.63, 3.8) is 0 Å². The number of Topliss-reactive ketones (excluding diaryl/α,β-unsaturated/α-hetero) is 1. The van der Waals surface area contributed by atoms with Gasteiger partial charge in [0, 0.05) is 23.9 Å². The SMILES string of the molecule is C[C@H](CC(=O)[C@H]1[C@H](C)C=CCC1(C)C)NNC(=O)c1ccccc1. The summed E-state index contributed by atoms with van der Waals surface area (Å²) in [6.07, 6.45) is 5.65. The smallest absolute Gasteiger partial charge is 0.265 e. The maximum Gasteiger partial charge on any atom is 0.265 e. The topological polar surface area (TPSA) is 58.2 Å². The van der Waals surface area contributed by atoms with Gasteiger partial charge in [0.15, 0.2) is 0 Å². The van der Waals surface area contributed by atoms with E-state index in [0.29, 0.717) is 12.0 Å². The second-order valence-electron chi connectivity index (χ2n) is 7.49. The Morgan fingerprint density at radius 1 is 1.25 bits per heavy atom. The Morgan fingerprint density at radius 3 is 2.54 bits per heavy atom. The van der Waals surface area contributed by atoms with Crippen LogP contribution >= 0.6 is 0 Å². The molecule has 0 saturated carbocycles. The molecular formula is C20H28N2O2. The van der Waals surface area contributed by atoms with Crippen LogP contribution < -0.4 is 10.9 Å². The summed E-state index contributed by atoms with van der Waals surface area (Å²) in [6.45, 7) is 8.34. The number of hydrogen-bond donors (Lipinski definition) is 2. The highest BCUT2D eigenvalue weighted by Crippen LogP contribution is 2.41. The minimum atomic E-state index is -0.191. The lowest BCUT2D eigenvalue weighted by atomic mass is 9.65. The van der Waals surface area contributed by atoms with Gasteiger partial charge in [-0.25, -0.2) is 5.43 Å². The third-order valence-corrected chi connectivity index (χ3v) is 4.77. The fourth-order valence-corrected chi connectivity index (χ4v) is 3.60. The number of allylic oxidation sites excluding steroid dienone is 2. The molecule has 2 N–H and O–H groups in total. The van der Waals surface area contributed by atoms with E-state index in [9.17, 15) is 9.59 Å². The van der Waals surface area contributed by atoms with Gasteiger partial charge < -0.3 is 0 Å². The highest BCUT2D eigenvalue weighted by Gasteiger charge is 2.39. The molecule has 1 aliphatic rings. The molecule has 0 radical (unpaired) electrons. The van der Waals surface area contributed by atoms with Gasteiger partial charge in [0.2, 0.25) is 0 Å². The predicted octanol–water partition coefficient (Wildman–Crippen LogP) is 3.51. The zero-order valence-electron chi connectivity index (χ0n) is 15.0. The third kappa shape index (κ3) is 4.54. The molecule has 1 aromatic rings. The van der Waals surface area contributed by atoms with Crippen molar-refractivity contribution < 1.29 is 9.59 Å². The Kier molecular flexibility index (Phi) is 5.94. The van der Waals surface area contributed by atoms with E-state index in [4.69, 9.17) is 0 Å². The molecule has 0 saturated heterocycles.